The van der Waals surface area contributed by atoms with E-state index >= 15 is 0 Å². The van der Waals surface area contributed by atoms with Gasteiger partial charge in [0.1, 0.15) is 6.04 Å². The summed E-state index contributed by atoms with van der Waals surface area (Å²) in [5.41, 5.74) is 1.58. The fraction of sp³-hybridized carbons (Fsp3) is 0.364. The van der Waals surface area contributed by atoms with Crippen LogP contribution in [0.4, 0.5) is 0 Å². The van der Waals surface area contributed by atoms with Crippen LogP contribution in [0.1, 0.15) is 28.8 Å². The Labute approximate surface area is 172 Å². The van der Waals surface area contributed by atoms with Crippen molar-refractivity contribution in [2.24, 2.45) is 5.92 Å². The predicted molar refractivity (Wildman–Crippen MR) is 114 cm³/mol. The normalized spacial score (nSPS) is 16.6. The van der Waals surface area contributed by atoms with Gasteiger partial charge in [0.05, 0.1) is 0 Å². The van der Waals surface area contributed by atoms with Gasteiger partial charge in [-0.3, -0.25) is 9.59 Å². The maximum Gasteiger partial charge on any atom is 0.251 e. The van der Waals surface area contributed by atoms with Crippen LogP contribution in [-0.4, -0.2) is 37.5 Å². The molecule has 5 nitrogen and oxygen atoms in total. The zero-order valence-electron chi connectivity index (χ0n) is 15.9. The van der Waals surface area contributed by atoms with Gasteiger partial charge in [-0.25, -0.2) is 0 Å². The van der Waals surface area contributed by atoms with Crippen molar-refractivity contribution in [2.75, 3.05) is 19.6 Å². The Morgan fingerprint density at radius 3 is 2.36 bits per heavy atom. The summed E-state index contributed by atoms with van der Waals surface area (Å²) in [4.78, 5) is 25.3. The summed E-state index contributed by atoms with van der Waals surface area (Å²) in [5, 5.41) is 9.24. The Kier molecular flexibility index (Phi) is 8.98. The second-order valence-corrected chi connectivity index (χ2v) is 7.02. The molecule has 0 spiro atoms. The summed E-state index contributed by atoms with van der Waals surface area (Å²) >= 11 is 0. The molecule has 2 amide bonds. The molecule has 28 heavy (non-hydrogen) atoms. The van der Waals surface area contributed by atoms with Gasteiger partial charge < -0.3 is 16.0 Å². The lowest BCUT2D eigenvalue weighted by Crippen LogP contribution is -2.48. The molecule has 2 aromatic carbocycles. The van der Waals surface area contributed by atoms with Crippen LogP contribution in [0.25, 0.3) is 0 Å². The Bertz CT molecular complexity index is 734. The molecule has 1 saturated heterocycles. The smallest absolute Gasteiger partial charge is 0.251 e. The van der Waals surface area contributed by atoms with Gasteiger partial charge in [0.25, 0.3) is 5.91 Å². The minimum Gasteiger partial charge on any atom is -0.354 e. The third-order valence-electron chi connectivity index (χ3n) is 4.95. The third kappa shape index (κ3) is 6.66. The van der Waals surface area contributed by atoms with Crippen LogP contribution >= 0.6 is 12.4 Å². The van der Waals surface area contributed by atoms with Crippen molar-refractivity contribution in [2.45, 2.75) is 25.3 Å². The first-order valence-corrected chi connectivity index (χ1v) is 9.60. The average molecular weight is 402 g/mol. The van der Waals surface area contributed by atoms with Gasteiger partial charge in [-0.05, 0) is 49.5 Å². The highest BCUT2D eigenvalue weighted by atomic mass is 35.5. The van der Waals surface area contributed by atoms with Gasteiger partial charge in [-0.15, -0.1) is 12.4 Å². The minimum absolute atomic E-state index is 0. The Balaban J connectivity index is 0.00000280. The number of benzene rings is 2. The highest BCUT2D eigenvalue weighted by molar-refractivity contribution is 5.97. The van der Waals surface area contributed by atoms with E-state index in [4.69, 9.17) is 0 Å². The third-order valence-corrected chi connectivity index (χ3v) is 4.95. The summed E-state index contributed by atoms with van der Waals surface area (Å²) in [6.45, 7) is 2.72. The van der Waals surface area contributed by atoms with E-state index < -0.39 is 6.04 Å². The summed E-state index contributed by atoms with van der Waals surface area (Å²) in [5.74, 6) is 0.262. The van der Waals surface area contributed by atoms with Crippen molar-refractivity contribution in [3.05, 3.63) is 71.8 Å². The maximum absolute atomic E-state index is 12.7. The van der Waals surface area contributed by atoms with Crippen LogP contribution in [0.3, 0.4) is 0 Å². The number of rotatable bonds is 8. The van der Waals surface area contributed by atoms with Crippen molar-refractivity contribution in [3.63, 3.8) is 0 Å². The Hall–Kier alpha value is -2.37. The van der Waals surface area contributed by atoms with Crippen LogP contribution in [0.15, 0.2) is 60.7 Å². The second-order valence-electron chi connectivity index (χ2n) is 7.02. The molecule has 0 radical (unpaired) electrons. The number of hydrogen-bond donors (Lipinski definition) is 3. The van der Waals surface area contributed by atoms with Crippen molar-refractivity contribution in [1.82, 2.24) is 16.0 Å². The zero-order chi connectivity index (χ0) is 18.9. The van der Waals surface area contributed by atoms with Crippen LogP contribution in [0.2, 0.25) is 0 Å². The van der Waals surface area contributed by atoms with Gasteiger partial charge in [0, 0.05) is 18.5 Å². The molecule has 1 heterocycles. The van der Waals surface area contributed by atoms with E-state index in [9.17, 15) is 9.59 Å². The largest absolute Gasteiger partial charge is 0.354 e. The number of halogens is 1. The van der Waals surface area contributed by atoms with Crippen molar-refractivity contribution >= 4 is 24.2 Å². The topological polar surface area (TPSA) is 70.2 Å². The number of nitrogens with one attached hydrogen (secondary N) is 3. The van der Waals surface area contributed by atoms with E-state index in [0.29, 0.717) is 24.4 Å². The summed E-state index contributed by atoms with van der Waals surface area (Å²) in [6.07, 6.45) is 2.59. The lowest BCUT2D eigenvalue weighted by molar-refractivity contribution is -0.123. The Morgan fingerprint density at radius 2 is 1.71 bits per heavy atom. The lowest BCUT2D eigenvalue weighted by atomic mass is 10.0. The predicted octanol–water partition coefficient (Wildman–Crippen LogP) is 2.57. The Morgan fingerprint density at radius 1 is 1.04 bits per heavy atom. The SMILES string of the molecule is Cl.O=C(NC(Cc1ccccc1)C(=O)NCCC1CCNC1)c1ccccc1. The summed E-state index contributed by atoms with van der Waals surface area (Å²) < 4.78 is 0. The monoisotopic (exact) mass is 401 g/mol. The molecule has 2 atom stereocenters. The molecule has 0 saturated carbocycles. The van der Waals surface area contributed by atoms with E-state index in [-0.39, 0.29) is 24.2 Å². The number of hydrogen-bond acceptors (Lipinski definition) is 3. The minimum atomic E-state index is -0.596. The van der Waals surface area contributed by atoms with Gasteiger partial charge in [-0.1, -0.05) is 48.5 Å². The quantitative estimate of drug-likeness (QED) is 0.636. The molecule has 0 aliphatic carbocycles. The number of amides is 2. The second kappa shape index (κ2) is 11.5. The molecule has 6 heteroatoms. The molecule has 1 aliphatic rings. The van der Waals surface area contributed by atoms with Crippen LogP contribution in [0.5, 0.6) is 0 Å². The van der Waals surface area contributed by atoms with Crippen LogP contribution in [-0.2, 0) is 11.2 Å². The van der Waals surface area contributed by atoms with Crippen LogP contribution < -0.4 is 16.0 Å². The molecule has 1 aliphatic heterocycles. The van der Waals surface area contributed by atoms with Crippen molar-refractivity contribution in [3.8, 4) is 0 Å². The molecule has 0 aromatic heterocycles. The van der Waals surface area contributed by atoms with Gasteiger partial charge in [-0.2, -0.15) is 0 Å². The van der Waals surface area contributed by atoms with Crippen LogP contribution in [0, 0.1) is 5.92 Å². The highest BCUT2D eigenvalue weighted by Gasteiger charge is 2.22. The summed E-state index contributed by atoms with van der Waals surface area (Å²) in [6, 6.07) is 18.2. The molecule has 2 unspecified atom stereocenters. The average Bonchev–Trinajstić information content (AvgIpc) is 3.22. The molecule has 1 fully saturated rings. The number of carbonyl (C=O) groups excluding carboxylic acids is 2. The van der Waals surface area contributed by atoms with E-state index in [2.05, 4.69) is 16.0 Å². The zero-order valence-corrected chi connectivity index (χ0v) is 16.7. The highest BCUT2D eigenvalue weighted by Crippen LogP contribution is 2.11. The van der Waals surface area contributed by atoms with Crippen molar-refractivity contribution in [1.29, 1.82) is 0 Å². The van der Waals surface area contributed by atoms with Gasteiger partial charge in [0.2, 0.25) is 5.91 Å². The summed E-state index contributed by atoms with van der Waals surface area (Å²) in [7, 11) is 0. The standard InChI is InChI=1S/C22H27N3O2.ClH/c26-21(19-9-5-2-6-10-19)25-20(15-17-7-3-1-4-8-17)22(27)24-14-12-18-11-13-23-16-18;/h1-10,18,20,23H,11-16H2,(H,24,27)(H,25,26);1H. The van der Waals surface area contributed by atoms with Gasteiger partial charge in [0.15, 0.2) is 0 Å². The molecule has 0 bridgehead atoms. The fourth-order valence-electron chi connectivity index (χ4n) is 3.37. The molecular formula is C22H28ClN3O2. The maximum atomic E-state index is 12.7. The lowest BCUT2D eigenvalue weighted by Gasteiger charge is -2.19. The van der Waals surface area contributed by atoms with Crippen molar-refractivity contribution < 1.29 is 9.59 Å². The molecule has 3 N–H and O–H groups in total. The van der Waals surface area contributed by atoms with Gasteiger partial charge >= 0.3 is 0 Å². The first kappa shape index (κ1) is 21.9. The van der Waals surface area contributed by atoms with E-state index in [0.717, 1.165) is 31.5 Å². The van der Waals surface area contributed by atoms with E-state index in [1.165, 1.54) is 0 Å². The van der Waals surface area contributed by atoms with E-state index in [1.54, 1.807) is 12.1 Å². The van der Waals surface area contributed by atoms with E-state index in [1.807, 2.05) is 48.5 Å². The molecule has 2 aromatic rings. The molecule has 3 rings (SSSR count). The fourth-order valence-corrected chi connectivity index (χ4v) is 3.37. The first-order chi connectivity index (χ1) is 13.2. The number of carbonyl (C=O) groups is 2. The molecular weight excluding hydrogens is 374 g/mol. The molecule has 150 valence electrons. The first-order valence-electron chi connectivity index (χ1n) is 9.60.